The number of benzene rings is 3. The molecule has 2 aliphatic heterocycles. The zero-order chi connectivity index (χ0) is 21.1. The molecule has 0 aliphatic carbocycles. The van der Waals surface area contributed by atoms with E-state index in [1.165, 1.54) is 11.6 Å². The molecule has 0 radical (unpaired) electrons. The van der Waals surface area contributed by atoms with Gasteiger partial charge in [0.1, 0.15) is 5.75 Å². The first-order chi connectivity index (χ1) is 14.3. The van der Waals surface area contributed by atoms with Gasteiger partial charge in [0.15, 0.2) is 0 Å². The normalized spacial score (nSPS) is 20.6. The first kappa shape index (κ1) is 18.4. The van der Waals surface area contributed by atoms with E-state index < -0.39 is 5.72 Å². The molecule has 5 heteroatoms. The van der Waals surface area contributed by atoms with Gasteiger partial charge < -0.3 is 9.64 Å². The maximum atomic E-state index is 11.1. The molecule has 150 valence electrons. The van der Waals surface area contributed by atoms with Gasteiger partial charge in [-0.25, -0.2) is 0 Å². The van der Waals surface area contributed by atoms with E-state index in [1.807, 2.05) is 30.4 Å². The number of ether oxygens (including phenoxy) is 1. The lowest BCUT2D eigenvalue weighted by atomic mass is 9.76. The second-order valence-corrected chi connectivity index (χ2v) is 8.36. The van der Waals surface area contributed by atoms with Gasteiger partial charge in [-0.1, -0.05) is 48.5 Å². The lowest BCUT2D eigenvalue weighted by Crippen LogP contribution is -2.58. The first-order valence-corrected chi connectivity index (χ1v) is 9.94. The Balaban J connectivity index is 1.66. The molecule has 2 heterocycles. The molecule has 1 spiro atoms. The van der Waals surface area contributed by atoms with Crippen LogP contribution in [0.5, 0.6) is 5.75 Å². The number of nitro groups is 1. The van der Waals surface area contributed by atoms with Gasteiger partial charge in [-0.05, 0) is 43.2 Å². The minimum Gasteiger partial charge on any atom is -0.463 e. The molecule has 0 fully saturated rings. The summed E-state index contributed by atoms with van der Waals surface area (Å²) in [5, 5.41) is 11.1. The van der Waals surface area contributed by atoms with Crippen molar-refractivity contribution in [3.05, 3.63) is 94.0 Å². The van der Waals surface area contributed by atoms with Crippen LogP contribution in [0, 0.1) is 10.1 Å². The Labute approximate surface area is 175 Å². The number of hydrogen-bond donors (Lipinski definition) is 0. The summed E-state index contributed by atoms with van der Waals surface area (Å²) in [5.41, 5.74) is 4.37. The minimum absolute atomic E-state index is 0.0617. The highest BCUT2D eigenvalue weighted by atomic mass is 16.6. The molecule has 3 aromatic rings. The number of anilines is 1. The molecule has 0 saturated heterocycles. The number of nitro benzene ring substituents is 1. The number of fused-ring (bicyclic) bond motifs is 2. The summed E-state index contributed by atoms with van der Waals surface area (Å²) in [6.45, 7) is 4.37. The van der Waals surface area contributed by atoms with Crippen molar-refractivity contribution in [2.45, 2.75) is 25.0 Å². The summed E-state index contributed by atoms with van der Waals surface area (Å²) in [6.07, 6.45) is 3.98. The minimum atomic E-state index is -0.733. The summed E-state index contributed by atoms with van der Waals surface area (Å²) >= 11 is 0. The van der Waals surface area contributed by atoms with Crippen molar-refractivity contribution in [2.24, 2.45) is 0 Å². The second kappa shape index (κ2) is 6.20. The van der Waals surface area contributed by atoms with Crippen molar-refractivity contribution in [2.75, 3.05) is 11.9 Å². The van der Waals surface area contributed by atoms with Crippen molar-refractivity contribution in [1.29, 1.82) is 0 Å². The maximum Gasteiger partial charge on any atom is 0.270 e. The predicted octanol–water partition coefficient (Wildman–Crippen LogP) is 5.79. The van der Waals surface area contributed by atoms with E-state index in [2.05, 4.69) is 56.1 Å². The molecule has 30 heavy (non-hydrogen) atoms. The van der Waals surface area contributed by atoms with Crippen molar-refractivity contribution < 1.29 is 9.66 Å². The Morgan fingerprint density at radius 2 is 1.77 bits per heavy atom. The van der Waals surface area contributed by atoms with Crippen molar-refractivity contribution in [1.82, 2.24) is 0 Å². The highest BCUT2D eigenvalue weighted by Gasteiger charge is 2.58. The molecule has 0 N–H and O–H groups in total. The van der Waals surface area contributed by atoms with Crippen LogP contribution in [0.2, 0.25) is 0 Å². The van der Waals surface area contributed by atoms with Crippen LogP contribution in [0.3, 0.4) is 0 Å². The zero-order valence-electron chi connectivity index (χ0n) is 17.1. The van der Waals surface area contributed by atoms with Gasteiger partial charge >= 0.3 is 0 Å². The van der Waals surface area contributed by atoms with Crippen molar-refractivity contribution >= 4 is 17.5 Å². The number of nitrogens with zero attached hydrogens (tertiary/aromatic N) is 2. The highest BCUT2D eigenvalue weighted by molar-refractivity contribution is 5.86. The van der Waals surface area contributed by atoms with Gasteiger partial charge in [-0.15, -0.1) is 0 Å². The molecule has 5 nitrogen and oxygen atoms in total. The van der Waals surface area contributed by atoms with Gasteiger partial charge in [-0.2, -0.15) is 0 Å². The fourth-order valence-corrected chi connectivity index (χ4v) is 4.83. The molecular weight excluding hydrogens is 376 g/mol. The fourth-order valence-electron chi connectivity index (χ4n) is 4.83. The number of para-hydroxylation sites is 1. The first-order valence-electron chi connectivity index (χ1n) is 9.94. The molecular formula is C25H22N2O3. The average Bonchev–Trinajstić information content (AvgIpc) is 2.92. The smallest absolute Gasteiger partial charge is 0.270 e. The van der Waals surface area contributed by atoms with Crippen LogP contribution in [0.15, 0.2) is 72.8 Å². The molecule has 0 bridgehead atoms. The van der Waals surface area contributed by atoms with Crippen molar-refractivity contribution in [3.8, 4) is 16.9 Å². The Kier molecular flexibility index (Phi) is 3.81. The van der Waals surface area contributed by atoms with Gasteiger partial charge in [0.25, 0.3) is 5.69 Å². The third-order valence-corrected chi connectivity index (χ3v) is 6.48. The van der Waals surface area contributed by atoms with Crippen LogP contribution in [0.4, 0.5) is 11.4 Å². The van der Waals surface area contributed by atoms with Gasteiger partial charge in [0.2, 0.25) is 5.72 Å². The molecule has 0 saturated carbocycles. The zero-order valence-corrected chi connectivity index (χ0v) is 17.1. The van der Waals surface area contributed by atoms with Gasteiger partial charge in [-0.3, -0.25) is 10.1 Å². The summed E-state index contributed by atoms with van der Waals surface area (Å²) in [5.74, 6) is 0.650. The van der Waals surface area contributed by atoms with E-state index in [4.69, 9.17) is 4.74 Å². The summed E-state index contributed by atoms with van der Waals surface area (Å²) < 4.78 is 6.63. The SMILES string of the molecule is CN1c2c(-c3ccccc3)cccc2C(C)(C)C12C=Cc1cc([N+](=O)[O-])ccc1O2. The third kappa shape index (κ3) is 2.35. The molecule has 0 aromatic heterocycles. The lowest BCUT2D eigenvalue weighted by Gasteiger charge is -2.45. The van der Waals surface area contributed by atoms with E-state index in [0.29, 0.717) is 5.75 Å². The van der Waals surface area contributed by atoms with Crippen LogP contribution in [-0.2, 0) is 5.41 Å². The monoisotopic (exact) mass is 398 g/mol. The van der Waals surface area contributed by atoms with Crippen LogP contribution in [0.1, 0.15) is 25.0 Å². The number of hydrogen-bond acceptors (Lipinski definition) is 4. The lowest BCUT2D eigenvalue weighted by molar-refractivity contribution is -0.384. The largest absolute Gasteiger partial charge is 0.463 e. The van der Waals surface area contributed by atoms with E-state index in [-0.39, 0.29) is 16.0 Å². The van der Waals surface area contributed by atoms with Crippen molar-refractivity contribution in [3.63, 3.8) is 0 Å². The fraction of sp³-hybridized carbons (Fsp3) is 0.200. The summed E-state index contributed by atoms with van der Waals surface area (Å²) in [6, 6.07) is 21.5. The number of likely N-dealkylation sites (N-methyl/N-ethyl adjacent to an activating group) is 1. The van der Waals surface area contributed by atoms with E-state index in [1.54, 1.807) is 12.1 Å². The van der Waals surface area contributed by atoms with E-state index >= 15 is 0 Å². The topological polar surface area (TPSA) is 55.6 Å². The standard InChI is InChI=1S/C25H22N2O3/c1-24(2)21-11-7-10-20(17-8-5-4-6-9-17)23(21)26(3)25(24)15-14-18-16-19(27(28)29)12-13-22(18)30-25/h4-16H,1-3H3. The molecule has 2 aliphatic rings. The third-order valence-electron chi connectivity index (χ3n) is 6.48. The van der Waals surface area contributed by atoms with E-state index in [9.17, 15) is 10.1 Å². The number of rotatable bonds is 2. The molecule has 1 atom stereocenters. The Morgan fingerprint density at radius 1 is 1.00 bits per heavy atom. The quantitative estimate of drug-likeness (QED) is 0.405. The molecule has 0 amide bonds. The summed E-state index contributed by atoms with van der Waals surface area (Å²) in [7, 11) is 2.06. The highest BCUT2D eigenvalue weighted by Crippen LogP contribution is 2.56. The average molecular weight is 398 g/mol. The van der Waals surface area contributed by atoms with E-state index in [0.717, 1.165) is 22.4 Å². The Hall–Kier alpha value is -3.60. The number of non-ortho nitro benzene ring substituents is 1. The Bertz CT molecular complexity index is 1200. The van der Waals surface area contributed by atoms with Gasteiger partial charge in [0.05, 0.1) is 16.0 Å². The van der Waals surface area contributed by atoms with Crippen LogP contribution in [-0.4, -0.2) is 17.7 Å². The molecule has 3 aromatic carbocycles. The Morgan fingerprint density at radius 3 is 2.50 bits per heavy atom. The predicted molar refractivity (Wildman–Crippen MR) is 119 cm³/mol. The van der Waals surface area contributed by atoms with Gasteiger partial charge in [0, 0.05) is 30.3 Å². The maximum absolute atomic E-state index is 11.1. The van der Waals surface area contributed by atoms with Crippen LogP contribution < -0.4 is 9.64 Å². The summed E-state index contributed by atoms with van der Waals surface area (Å²) in [4.78, 5) is 13.0. The van der Waals surface area contributed by atoms with Crippen LogP contribution in [0.25, 0.3) is 17.2 Å². The second-order valence-electron chi connectivity index (χ2n) is 8.36. The molecule has 1 unspecified atom stereocenters. The van der Waals surface area contributed by atoms with Crippen LogP contribution >= 0.6 is 0 Å². The molecule has 5 rings (SSSR count).